The van der Waals surface area contributed by atoms with Crippen molar-refractivity contribution in [3.63, 3.8) is 0 Å². The molecule has 0 unspecified atom stereocenters. The van der Waals surface area contributed by atoms with Crippen molar-refractivity contribution in [3.05, 3.63) is 42.2 Å². The minimum atomic E-state index is -0.967. The molecule has 2 rings (SSSR count). The van der Waals surface area contributed by atoms with E-state index in [1.807, 2.05) is 41.2 Å². The minimum Gasteiger partial charge on any atom is -0.493 e. The third kappa shape index (κ3) is 5.06. The van der Waals surface area contributed by atoms with E-state index >= 15 is 0 Å². The molecule has 7 heteroatoms. The smallest absolute Gasteiger partial charge is 0.320 e. The summed E-state index contributed by atoms with van der Waals surface area (Å²) in [6.45, 7) is 3.83. The highest BCUT2D eigenvalue weighted by Crippen LogP contribution is 2.33. The van der Waals surface area contributed by atoms with Crippen LogP contribution in [0.3, 0.4) is 0 Å². The zero-order chi connectivity index (χ0) is 20.5. The van der Waals surface area contributed by atoms with Crippen molar-refractivity contribution in [2.45, 2.75) is 26.7 Å². The predicted octanol–water partition coefficient (Wildman–Crippen LogP) is 3.17. The lowest BCUT2D eigenvalue weighted by Gasteiger charge is -2.18. The molecule has 0 radical (unpaired) electrons. The van der Waals surface area contributed by atoms with E-state index in [1.165, 1.54) is 0 Å². The number of carbonyl (C=O) groups excluding carboxylic acids is 2. The molecule has 2 aromatic rings. The predicted molar refractivity (Wildman–Crippen MR) is 104 cm³/mol. The summed E-state index contributed by atoms with van der Waals surface area (Å²) in [5.41, 5.74) is 1.79. The molecule has 0 aliphatic rings. The normalized spacial score (nSPS) is 10.6. The topological polar surface area (TPSA) is 76.0 Å². The van der Waals surface area contributed by atoms with Gasteiger partial charge in [0.15, 0.2) is 17.4 Å². The van der Waals surface area contributed by atoms with E-state index < -0.39 is 17.9 Å². The van der Waals surface area contributed by atoms with Crippen LogP contribution in [0.15, 0.2) is 36.7 Å². The van der Waals surface area contributed by atoms with E-state index in [2.05, 4.69) is 0 Å². The standard InChI is InChI=1S/C21H27NO6/c1-5-27-20(23)16(21(24)28-6-2)10-9-15-13-18(25-3)19(26-4)14-17(15)22-11-7-8-12-22/h7-8,11-14,16H,5-6,9-10H2,1-4H3. The van der Waals surface area contributed by atoms with Crippen LogP contribution in [0, 0.1) is 5.92 Å². The second kappa shape index (κ2) is 10.4. The van der Waals surface area contributed by atoms with Crippen LogP contribution in [0.5, 0.6) is 11.5 Å². The SMILES string of the molecule is CCOC(=O)C(CCc1cc(OC)c(OC)cc1-n1cccc1)C(=O)OCC. The number of aryl methyl sites for hydroxylation is 1. The lowest BCUT2D eigenvalue weighted by molar-refractivity contribution is -0.161. The van der Waals surface area contributed by atoms with Crippen molar-refractivity contribution in [2.75, 3.05) is 27.4 Å². The maximum atomic E-state index is 12.2. The van der Waals surface area contributed by atoms with Crippen LogP contribution < -0.4 is 9.47 Å². The monoisotopic (exact) mass is 389 g/mol. The second-order valence-electron chi connectivity index (χ2n) is 6.02. The summed E-state index contributed by atoms with van der Waals surface area (Å²) < 4.78 is 22.9. The van der Waals surface area contributed by atoms with E-state index in [0.29, 0.717) is 17.9 Å². The molecule has 0 fully saturated rings. The molecule has 1 aromatic heterocycles. The molecule has 0 spiro atoms. The van der Waals surface area contributed by atoms with Crippen molar-refractivity contribution in [3.8, 4) is 17.2 Å². The van der Waals surface area contributed by atoms with Crippen LogP contribution >= 0.6 is 0 Å². The third-order valence-electron chi connectivity index (χ3n) is 4.31. The van der Waals surface area contributed by atoms with Gasteiger partial charge in [0.05, 0.1) is 33.1 Å². The summed E-state index contributed by atoms with van der Waals surface area (Å²) in [4.78, 5) is 24.5. The Kier molecular flexibility index (Phi) is 7.92. The van der Waals surface area contributed by atoms with Gasteiger partial charge in [-0.2, -0.15) is 0 Å². The van der Waals surface area contributed by atoms with Gasteiger partial charge >= 0.3 is 11.9 Å². The maximum Gasteiger partial charge on any atom is 0.320 e. The molecule has 7 nitrogen and oxygen atoms in total. The van der Waals surface area contributed by atoms with Crippen molar-refractivity contribution in [1.29, 1.82) is 0 Å². The van der Waals surface area contributed by atoms with Crippen LogP contribution in [-0.4, -0.2) is 43.9 Å². The summed E-state index contributed by atoms with van der Waals surface area (Å²) >= 11 is 0. The Morgan fingerprint density at radius 1 is 0.929 bits per heavy atom. The Morgan fingerprint density at radius 3 is 1.96 bits per heavy atom. The Hall–Kier alpha value is -2.96. The highest BCUT2D eigenvalue weighted by molar-refractivity contribution is 5.94. The van der Waals surface area contributed by atoms with Gasteiger partial charge in [-0.15, -0.1) is 0 Å². The van der Waals surface area contributed by atoms with Gasteiger partial charge in [0, 0.05) is 18.5 Å². The molecule has 0 amide bonds. The summed E-state index contributed by atoms with van der Waals surface area (Å²) in [6, 6.07) is 7.57. The van der Waals surface area contributed by atoms with Gasteiger partial charge in [-0.25, -0.2) is 0 Å². The highest BCUT2D eigenvalue weighted by atomic mass is 16.6. The average Bonchev–Trinajstić information content (AvgIpc) is 3.22. The van der Waals surface area contributed by atoms with Crippen LogP contribution in [0.4, 0.5) is 0 Å². The third-order valence-corrected chi connectivity index (χ3v) is 4.31. The van der Waals surface area contributed by atoms with Gasteiger partial charge in [0.2, 0.25) is 0 Å². The van der Waals surface area contributed by atoms with Crippen LogP contribution in [0.2, 0.25) is 0 Å². The summed E-state index contributed by atoms with van der Waals surface area (Å²) in [5.74, 6) is -0.919. The fourth-order valence-electron chi connectivity index (χ4n) is 2.96. The Bertz CT molecular complexity index is 766. The molecule has 0 aliphatic heterocycles. The number of carbonyl (C=O) groups is 2. The van der Waals surface area contributed by atoms with Crippen molar-refractivity contribution in [1.82, 2.24) is 4.57 Å². The first-order valence-electron chi connectivity index (χ1n) is 9.27. The van der Waals surface area contributed by atoms with Gasteiger partial charge in [-0.3, -0.25) is 9.59 Å². The summed E-state index contributed by atoms with van der Waals surface area (Å²) in [6.07, 6.45) is 4.55. The number of hydrogen-bond acceptors (Lipinski definition) is 6. The zero-order valence-corrected chi connectivity index (χ0v) is 16.8. The number of esters is 2. The molecule has 0 bridgehead atoms. The Balaban J connectivity index is 2.34. The molecule has 0 saturated carbocycles. The van der Waals surface area contributed by atoms with Gasteiger partial charge in [0.1, 0.15) is 0 Å². The fraction of sp³-hybridized carbons (Fsp3) is 0.429. The molecule has 1 heterocycles. The molecular weight excluding hydrogens is 362 g/mol. The molecule has 1 aromatic carbocycles. The maximum absolute atomic E-state index is 12.2. The number of ether oxygens (including phenoxy) is 4. The van der Waals surface area contributed by atoms with Gasteiger partial charge in [-0.1, -0.05) is 0 Å². The Labute approximate surface area is 165 Å². The minimum absolute atomic E-state index is 0.208. The van der Waals surface area contributed by atoms with Crippen LogP contribution in [0.1, 0.15) is 25.8 Å². The van der Waals surface area contributed by atoms with E-state index in [9.17, 15) is 9.59 Å². The molecular formula is C21H27NO6. The van der Waals surface area contributed by atoms with E-state index in [-0.39, 0.29) is 19.6 Å². The first-order valence-corrected chi connectivity index (χ1v) is 9.27. The van der Waals surface area contributed by atoms with Gasteiger partial charge in [0.25, 0.3) is 0 Å². The van der Waals surface area contributed by atoms with Gasteiger partial charge < -0.3 is 23.5 Å². The average molecular weight is 389 g/mol. The lowest BCUT2D eigenvalue weighted by atomic mass is 9.98. The molecule has 0 atom stereocenters. The zero-order valence-electron chi connectivity index (χ0n) is 16.8. The van der Waals surface area contributed by atoms with E-state index in [1.54, 1.807) is 28.1 Å². The number of nitrogens with zero attached hydrogens (tertiary/aromatic N) is 1. The number of methoxy groups -OCH3 is 2. The molecule has 0 N–H and O–H groups in total. The van der Waals surface area contributed by atoms with E-state index in [0.717, 1.165) is 11.3 Å². The number of hydrogen-bond donors (Lipinski definition) is 0. The number of rotatable bonds is 10. The van der Waals surface area contributed by atoms with Crippen molar-refractivity contribution < 1.29 is 28.5 Å². The molecule has 0 saturated heterocycles. The van der Waals surface area contributed by atoms with Crippen LogP contribution in [-0.2, 0) is 25.5 Å². The number of aromatic nitrogens is 1. The fourth-order valence-corrected chi connectivity index (χ4v) is 2.96. The number of benzene rings is 1. The second-order valence-corrected chi connectivity index (χ2v) is 6.02. The summed E-state index contributed by atoms with van der Waals surface area (Å²) in [5, 5.41) is 0. The molecule has 0 aliphatic carbocycles. The lowest BCUT2D eigenvalue weighted by Crippen LogP contribution is -2.28. The van der Waals surface area contributed by atoms with Gasteiger partial charge in [-0.05, 0) is 50.5 Å². The molecule has 152 valence electrons. The van der Waals surface area contributed by atoms with E-state index in [4.69, 9.17) is 18.9 Å². The first kappa shape index (κ1) is 21.3. The first-order chi connectivity index (χ1) is 13.5. The summed E-state index contributed by atoms with van der Waals surface area (Å²) in [7, 11) is 3.14. The van der Waals surface area contributed by atoms with Crippen LogP contribution in [0.25, 0.3) is 5.69 Å². The quantitative estimate of drug-likeness (QED) is 0.459. The van der Waals surface area contributed by atoms with Crippen molar-refractivity contribution >= 4 is 11.9 Å². The van der Waals surface area contributed by atoms with Crippen molar-refractivity contribution in [2.24, 2.45) is 5.92 Å². The largest absolute Gasteiger partial charge is 0.493 e. The molecule has 28 heavy (non-hydrogen) atoms. The Morgan fingerprint density at radius 2 is 1.46 bits per heavy atom. The highest BCUT2D eigenvalue weighted by Gasteiger charge is 2.29.